The van der Waals surface area contributed by atoms with Crippen molar-refractivity contribution in [3.05, 3.63) is 23.8 Å². The number of nitrogen functional groups attached to an aromatic ring is 1. The number of aryl methyl sites for hydroxylation is 1. The molecule has 0 spiro atoms. The van der Waals surface area contributed by atoms with Crippen LogP contribution in [0.3, 0.4) is 0 Å². The van der Waals surface area contributed by atoms with E-state index in [1.165, 1.54) is 17.1 Å². The maximum Gasteiger partial charge on any atom is 0.114 e. The number of nitrogens with two attached hydrogens (primary N) is 1. The van der Waals surface area contributed by atoms with Crippen LogP contribution in [0, 0.1) is 6.92 Å². The highest BCUT2D eigenvalue weighted by Crippen LogP contribution is 2.24. The summed E-state index contributed by atoms with van der Waals surface area (Å²) in [6.07, 6.45) is 0. The van der Waals surface area contributed by atoms with Gasteiger partial charge in [-0.2, -0.15) is 4.37 Å². The predicted octanol–water partition coefficient (Wildman–Crippen LogP) is 2.19. The molecule has 3 heteroatoms. The van der Waals surface area contributed by atoms with Crippen molar-refractivity contribution >= 4 is 27.4 Å². The van der Waals surface area contributed by atoms with Crippen LogP contribution in [-0.2, 0) is 0 Å². The highest BCUT2D eigenvalue weighted by molar-refractivity contribution is 7.11. The molecule has 0 aliphatic rings. The maximum absolute atomic E-state index is 5.68. The molecule has 2 N–H and O–H groups in total. The minimum absolute atomic E-state index is 0.806. The van der Waals surface area contributed by atoms with Gasteiger partial charge >= 0.3 is 0 Å². The Labute approximate surface area is 68.8 Å². The van der Waals surface area contributed by atoms with Crippen LogP contribution in [0.15, 0.2) is 18.2 Å². The molecule has 0 aliphatic heterocycles. The van der Waals surface area contributed by atoms with Crippen molar-refractivity contribution in [1.29, 1.82) is 0 Å². The summed E-state index contributed by atoms with van der Waals surface area (Å²) in [4.78, 5) is 0. The second-order valence-corrected chi connectivity index (χ2v) is 3.37. The molecule has 0 radical (unpaired) electrons. The second kappa shape index (κ2) is 2.20. The zero-order valence-electron chi connectivity index (χ0n) is 6.16. The fraction of sp³-hybridized carbons (Fsp3) is 0.125. The molecule has 11 heavy (non-hydrogen) atoms. The highest BCUT2D eigenvalue weighted by atomic mass is 32.1. The largest absolute Gasteiger partial charge is 0.389 e. The molecule has 2 nitrogen and oxygen atoms in total. The van der Waals surface area contributed by atoms with Crippen molar-refractivity contribution in [2.45, 2.75) is 6.92 Å². The van der Waals surface area contributed by atoms with E-state index < -0.39 is 0 Å². The monoisotopic (exact) mass is 164 g/mol. The first-order valence-corrected chi connectivity index (χ1v) is 4.16. The molecule has 0 aliphatic carbocycles. The zero-order chi connectivity index (χ0) is 7.84. The number of rotatable bonds is 0. The third-order valence-electron chi connectivity index (χ3n) is 1.66. The van der Waals surface area contributed by atoms with Crippen molar-refractivity contribution in [3.8, 4) is 0 Å². The summed E-state index contributed by atoms with van der Waals surface area (Å²) in [5.74, 6) is 0. The van der Waals surface area contributed by atoms with E-state index in [0.717, 1.165) is 15.9 Å². The SMILES string of the molecule is Cc1ccc2c(N)snc2c1. The van der Waals surface area contributed by atoms with E-state index in [1.807, 2.05) is 18.2 Å². The Hall–Kier alpha value is -1.09. The van der Waals surface area contributed by atoms with E-state index in [-0.39, 0.29) is 0 Å². The quantitative estimate of drug-likeness (QED) is 0.648. The molecule has 0 fully saturated rings. The molecule has 0 unspecified atom stereocenters. The standard InChI is InChI=1S/C8H8N2S/c1-5-2-3-6-7(4-5)10-11-8(6)9/h2-4H,9H2,1H3. The molecule has 0 atom stereocenters. The molecule has 56 valence electrons. The number of anilines is 1. The first-order chi connectivity index (χ1) is 5.27. The lowest BCUT2D eigenvalue weighted by Crippen LogP contribution is -1.78. The lowest BCUT2D eigenvalue weighted by Gasteiger charge is -1.90. The van der Waals surface area contributed by atoms with Gasteiger partial charge in [0.1, 0.15) is 5.00 Å². The molecule has 2 rings (SSSR count). The normalized spacial score (nSPS) is 10.6. The van der Waals surface area contributed by atoms with Crippen LogP contribution in [0.5, 0.6) is 0 Å². The summed E-state index contributed by atoms with van der Waals surface area (Å²) < 4.78 is 4.20. The smallest absolute Gasteiger partial charge is 0.114 e. The molecule has 0 bridgehead atoms. The van der Waals surface area contributed by atoms with Crippen LogP contribution in [0.25, 0.3) is 10.9 Å². The minimum Gasteiger partial charge on any atom is -0.389 e. The Balaban J connectivity index is 2.86. The molecule has 2 aromatic rings. The summed E-state index contributed by atoms with van der Waals surface area (Å²) >= 11 is 1.35. The molecule has 0 saturated carbocycles. The molecule has 0 saturated heterocycles. The van der Waals surface area contributed by atoms with Gasteiger partial charge in [0, 0.05) is 5.39 Å². The second-order valence-electron chi connectivity index (χ2n) is 2.57. The van der Waals surface area contributed by atoms with Crippen molar-refractivity contribution in [2.24, 2.45) is 0 Å². The summed E-state index contributed by atoms with van der Waals surface area (Å²) in [7, 11) is 0. The number of aromatic nitrogens is 1. The number of fused-ring (bicyclic) bond motifs is 1. The Morgan fingerprint density at radius 3 is 3.09 bits per heavy atom. The maximum atomic E-state index is 5.68. The van der Waals surface area contributed by atoms with E-state index in [9.17, 15) is 0 Å². The summed E-state index contributed by atoms with van der Waals surface area (Å²) in [6.45, 7) is 2.05. The predicted molar refractivity (Wildman–Crippen MR) is 48.8 cm³/mol. The average Bonchev–Trinajstić information content (AvgIpc) is 2.32. The highest BCUT2D eigenvalue weighted by Gasteiger charge is 2.00. The molecule has 1 aromatic carbocycles. The van der Waals surface area contributed by atoms with Gasteiger partial charge in [-0.3, -0.25) is 0 Å². The van der Waals surface area contributed by atoms with E-state index in [1.54, 1.807) is 0 Å². The number of hydrogen-bond donors (Lipinski definition) is 1. The Kier molecular flexibility index (Phi) is 1.32. The van der Waals surface area contributed by atoms with Crippen molar-refractivity contribution in [3.63, 3.8) is 0 Å². The number of nitrogens with zero attached hydrogens (tertiary/aromatic N) is 1. The van der Waals surface area contributed by atoms with Gasteiger partial charge in [0.25, 0.3) is 0 Å². The summed E-state index contributed by atoms with van der Waals surface area (Å²) in [6, 6.07) is 6.11. The van der Waals surface area contributed by atoms with Gasteiger partial charge in [-0.1, -0.05) is 6.07 Å². The van der Waals surface area contributed by atoms with Crippen LogP contribution in [-0.4, -0.2) is 4.37 Å². The van der Waals surface area contributed by atoms with Crippen molar-refractivity contribution in [2.75, 3.05) is 5.73 Å². The fourth-order valence-corrected chi connectivity index (χ4v) is 1.69. The fourth-order valence-electron chi connectivity index (χ4n) is 1.07. The van der Waals surface area contributed by atoms with E-state index in [4.69, 9.17) is 5.73 Å². The van der Waals surface area contributed by atoms with Gasteiger partial charge in [0.15, 0.2) is 0 Å². The third kappa shape index (κ3) is 0.973. The van der Waals surface area contributed by atoms with E-state index >= 15 is 0 Å². The van der Waals surface area contributed by atoms with E-state index in [0.29, 0.717) is 0 Å². The lowest BCUT2D eigenvalue weighted by atomic mass is 10.2. The van der Waals surface area contributed by atoms with Crippen molar-refractivity contribution in [1.82, 2.24) is 4.37 Å². The zero-order valence-corrected chi connectivity index (χ0v) is 6.98. The molecular formula is C8H8N2S. The van der Waals surface area contributed by atoms with Gasteiger partial charge < -0.3 is 5.73 Å². The average molecular weight is 164 g/mol. The first kappa shape index (κ1) is 6.61. The molecular weight excluding hydrogens is 156 g/mol. The van der Waals surface area contributed by atoms with Gasteiger partial charge in [-0.25, -0.2) is 0 Å². The Bertz CT molecular complexity index is 392. The van der Waals surface area contributed by atoms with Gasteiger partial charge in [0.05, 0.1) is 5.52 Å². The van der Waals surface area contributed by atoms with Crippen LogP contribution in [0.4, 0.5) is 5.00 Å². The van der Waals surface area contributed by atoms with Crippen LogP contribution >= 0.6 is 11.5 Å². The third-order valence-corrected chi connectivity index (χ3v) is 2.37. The Morgan fingerprint density at radius 1 is 1.45 bits per heavy atom. The van der Waals surface area contributed by atoms with Crippen LogP contribution in [0.1, 0.15) is 5.56 Å². The number of hydrogen-bond acceptors (Lipinski definition) is 3. The summed E-state index contributed by atoms with van der Waals surface area (Å²) in [5, 5.41) is 1.88. The number of benzene rings is 1. The van der Waals surface area contributed by atoms with E-state index in [2.05, 4.69) is 11.3 Å². The molecule has 0 amide bonds. The van der Waals surface area contributed by atoms with Crippen LogP contribution in [0.2, 0.25) is 0 Å². The topological polar surface area (TPSA) is 38.9 Å². The van der Waals surface area contributed by atoms with Crippen molar-refractivity contribution < 1.29 is 0 Å². The van der Waals surface area contributed by atoms with Gasteiger partial charge in [0.2, 0.25) is 0 Å². The summed E-state index contributed by atoms with van der Waals surface area (Å²) in [5.41, 5.74) is 7.91. The first-order valence-electron chi connectivity index (χ1n) is 3.39. The van der Waals surface area contributed by atoms with Crippen LogP contribution < -0.4 is 5.73 Å². The molecule has 1 heterocycles. The lowest BCUT2D eigenvalue weighted by molar-refractivity contribution is 1.49. The Morgan fingerprint density at radius 2 is 2.27 bits per heavy atom. The van der Waals surface area contributed by atoms with Gasteiger partial charge in [-0.05, 0) is 36.2 Å². The van der Waals surface area contributed by atoms with Gasteiger partial charge in [-0.15, -0.1) is 0 Å². The minimum atomic E-state index is 0.806. The molecule has 1 aromatic heterocycles.